The Morgan fingerprint density at radius 2 is 1.79 bits per heavy atom. The molecule has 1 saturated heterocycles. The number of nitrogens with one attached hydrogen (secondary N) is 1. The second-order valence-corrected chi connectivity index (χ2v) is 6.88. The largest absolute Gasteiger partial charge is 0.337 e. The maximum atomic E-state index is 12.7. The Balaban J connectivity index is 1.39. The summed E-state index contributed by atoms with van der Waals surface area (Å²) in [5.41, 5.74) is 2.48. The maximum Gasteiger partial charge on any atom is 0.276 e. The normalized spacial score (nSPS) is 13.4. The number of aromatic amines is 1. The van der Waals surface area contributed by atoms with Crippen molar-refractivity contribution in [3.8, 4) is 11.3 Å². The first-order chi connectivity index (χ1) is 14.2. The van der Waals surface area contributed by atoms with Crippen LogP contribution < -0.4 is 0 Å². The molecule has 0 aliphatic carbocycles. The van der Waals surface area contributed by atoms with E-state index in [1.165, 1.54) is 0 Å². The monoisotopic (exact) mass is 387 g/mol. The third kappa shape index (κ3) is 3.16. The van der Waals surface area contributed by atoms with E-state index in [2.05, 4.69) is 25.4 Å². The summed E-state index contributed by atoms with van der Waals surface area (Å²) in [4.78, 5) is 35.8. The molecule has 1 N–H and O–H groups in total. The van der Waals surface area contributed by atoms with Crippen LogP contribution >= 0.6 is 0 Å². The molecule has 29 heavy (non-hydrogen) atoms. The number of aromatic nitrogens is 6. The molecule has 4 heterocycles. The fraction of sp³-hybridized carbons (Fsp3) is 0.200. The highest BCUT2D eigenvalue weighted by atomic mass is 16.2. The van der Waals surface area contributed by atoms with Crippen LogP contribution in [0.5, 0.6) is 0 Å². The molecule has 9 heteroatoms. The smallest absolute Gasteiger partial charge is 0.276 e. The number of carbonyl (C=O) groups excluding carboxylic acids is 2. The molecule has 0 bridgehead atoms. The fourth-order valence-electron chi connectivity index (χ4n) is 3.25. The molecule has 0 radical (unpaired) electrons. The number of Topliss-reactive ketones (excluding diaryl/α,β-unsaturated/α-hetero) is 1. The second kappa shape index (κ2) is 6.93. The van der Waals surface area contributed by atoms with Crippen molar-refractivity contribution in [2.45, 2.75) is 12.8 Å². The first-order valence-electron chi connectivity index (χ1n) is 9.32. The molecule has 0 spiro atoms. The molecule has 1 aliphatic heterocycles. The topological polar surface area (TPSA) is 109 Å². The van der Waals surface area contributed by atoms with E-state index >= 15 is 0 Å². The van der Waals surface area contributed by atoms with Gasteiger partial charge in [0.25, 0.3) is 5.91 Å². The second-order valence-electron chi connectivity index (χ2n) is 6.88. The molecule has 1 aromatic carbocycles. The molecule has 1 amide bonds. The molecule has 9 nitrogen and oxygen atoms in total. The Labute approximate surface area is 165 Å². The standard InChI is InChI=1S/C20H17N7O2/c28-16(17-18(24-25-23-17)19(29)26-8-4-9-26)11-14-7-10-27-12-15(22-20(27)21-14)13-5-2-1-3-6-13/h1-3,5-7,10,12H,4,8-9,11H2,(H,23,24,25). The van der Waals surface area contributed by atoms with Gasteiger partial charge in [0, 0.05) is 31.0 Å². The van der Waals surface area contributed by atoms with E-state index in [1.54, 1.807) is 11.0 Å². The van der Waals surface area contributed by atoms with Gasteiger partial charge in [-0.2, -0.15) is 15.4 Å². The van der Waals surface area contributed by atoms with Crippen molar-refractivity contribution in [2.75, 3.05) is 13.1 Å². The lowest BCUT2D eigenvalue weighted by molar-refractivity contribution is 0.0641. The van der Waals surface area contributed by atoms with Gasteiger partial charge in [-0.05, 0) is 12.5 Å². The lowest BCUT2D eigenvalue weighted by Crippen LogP contribution is -2.42. The number of H-pyrrole nitrogens is 1. The predicted octanol–water partition coefficient (Wildman–Crippen LogP) is 1.79. The van der Waals surface area contributed by atoms with E-state index in [4.69, 9.17) is 0 Å². The highest BCUT2D eigenvalue weighted by Gasteiger charge is 2.29. The molecule has 1 fully saturated rings. The van der Waals surface area contributed by atoms with Gasteiger partial charge in [0.2, 0.25) is 5.78 Å². The molecule has 0 saturated carbocycles. The Bertz CT molecular complexity index is 1210. The molecule has 1 aliphatic rings. The summed E-state index contributed by atoms with van der Waals surface area (Å²) in [6, 6.07) is 11.6. The van der Waals surface area contributed by atoms with Crippen LogP contribution in [-0.2, 0) is 6.42 Å². The van der Waals surface area contributed by atoms with Crippen LogP contribution in [0.3, 0.4) is 0 Å². The van der Waals surface area contributed by atoms with Crippen LogP contribution in [0.1, 0.15) is 33.1 Å². The number of hydrogen-bond donors (Lipinski definition) is 1. The van der Waals surface area contributed by atoms with Gasteiger partial charge in [0.05, 0.1) is 17.8 Å². The van der Waals surface area contributed by atoms with Crippen LogP contribution in [-0.4, -0.2) is 59.5 Å². The van der Waals surface area contributed by atoms with Gasteiger partial charge in [-0.3, -0.25) is 14.0 Å². The number of carbonyl (C=O) groups is 2. The average Bonchev–Trinajstić information content (AvgIpc) is 3.34. The van der Waals surface area contributed by atoms with E-state index in [0.29, 0.717) is 24.6 Å². The molecule has 144 valence electrons. The van der Waals surface area contributed by atoms with E-state index in [-0.39, 0.29) is 29.5 Å². The van der Waals surface area contributed by atoms with Crippen molar-refractivity contribution in [1.29, 1.82) is 0 Å². The number of ketones is 1. The molecule has 0 atom stereocenters. The fourth-order valence-corrected chi connectivity index (χ4v) is 3.25. The van der Waals surface area contributed by atoms with Gasteiger partial charge in [0.15, 0.2) is 17.2 Å². The molecular weight excluding hydrogens is 370 g/mol. The molecule has 3 aromatic heterocycles. The number of nitrogens with zero attached hydrogens (tertiary/aromatic N) is 6. The minimum atomic E-state index is -0.311. The third-order valence-electron chi connectivity index (χ3n) is 4.95. The SMILES string of the molecule is O=C(Cc1ccn2cc(-c3ccccc3)nc2n1)c1n[nH]nc1C(=O)N1CCC1. The quantitative estimate of drug-likeness (QED) is 0.523. The van der Waals surface area contributed by atoms with Crippen LogP contribution in [0.25, 0.3) is 17.0 Å². The molecular formula is C20H17N7O2. The summed E-state index contributed by atoms with van der Waals surface area (Å²) >= 11 is 0. The zero-order chi connectivity index (χ0) is 19.8. The van der Waals surface area contributed by atoms with Crippen LogP contribution in [0.4, 0.5) is 0 Å². The summed E-state index contributed by atoms with van der Waals surface area (Å²) in [6.45, 7) is 1.36. The van der Waals surface area contributed by atoms with E-state index in [0.717, 1.165) is 17.7 Å². The Morgan fingerprint density at radius 1 is 1.00 bits per heavy atom. The van der Waals surface area contributed by atoms with Gasteiger partial charge < -0.3 is 4.90 Å². The summed E-state index contributed by atoms with van der Waals surface area (Å²) in [5.74, 6) is -0.0713. The summed E-state index contributed by atoms with van der Waals surface area (Å²) in [7, 11) is 0. The Kier molecular flexibility index (Phi) is 4.12. The zero-order valence-corrected chi connectivity index (χ0v) is 15.4. The molecule has 0 unspecified atom stereocenters. The highest BCUT2D eigenvalue weighted by Crippen LogP contribution is 2.19. The number of rotatable bonds is 5. The van der Waals surface area contributed by atoms with Gasteiger partial charge in [0.1, 0.15) is 0 Å². The number of hydrogen-bond acceptors (Lipinski definition) is 6. The van der Waals surface area contributed by atoms with Crippen molar-refractivity contribution in [2.24, 2.45) is 0 Å². The molecule has 4 aromatic rings. The van der Waals surface area contributed by atoms with Gasteiger partial charge in [-0.15, -0.1) is 0 Å². The number of amides is 1. The van der Waals surface area contributed by atoms with Crippen molar-refractivity contribution < 1.29 is 9.59 Å². The van der Waals surface area contributed by atoms with Gasteiger partial charge in [-0.1, -0.05) is 30.3 Å². The summed E-state index contributed by atoms with van der Waals surface area (Å²) < 4.78 is 1.81. The van der Waals surface area contributed by atoms with E-state index < -0.39 is 0 Å². The number of benzene rings is 1. The van der Waals surface area contributed by atoms with Crippen molar-refractivity contribution >= 4 is 17.5 Å². The van der Waals surface area contributed by atoms with Crippen LogP contribution in [0.2, 0.25) is 0 Å². The Hall–Kier alpha value is -3.88. The van der Waals surface area contributed by atoms with Crippen LogP contribution in [0, 0.1) is 0 Å². The first-order valence-corrected chi connectivity index (χ1v) is 9.32. The molecule has 5 rings (SSSR count). The Morgan fingerprint density at radius 3 is 2.55 bits per heavy atom. The van der Waals surface area contributed by atoms with Gasteiger partial charge >= 0.3 is 0 Å². The maximum absolute atomic E-state index is 12.7. The van der Waals surface area contributed by atoms with Crippen molar-refractivity contribution in [3.63, 3.8) is 0 Å². The first kappa shape index (κ1) is 17.2. The number of likely N-dealkylation sites (tertiary alicyclic amines) is 1. The minimum Gasteiger partial charge on any atom is -0.337 e. The van der Waals surface area contributed by atoms with Crippen molar-refractivity contribution in [1.82, 2.24) is 34.7 Å². The zero-order valence-electron chi connectivity index (χ0n) is 15.4. The highest BCUT2D eigenvalue weighted by molar-refractivity contribution is 6.06. The average molecular weight is 387 g/mol. The van der Waals surface area contributed by atoms with E-state index in [1.807, 2.05) is 47.1 Å². The predicted molar refractivity (Wildman–Crippen MR) is 103 cm³/mol. The minimum absolute atomic E-state index is 0.0108. The lowest BCUT2D eigenvalue weighted by atomic mass is 10.1. The van der Waals surface area contributed by atoms with E-state index in [9.17, 15) is 9.59 Å². The third-order valence-corrected chi connectivity index (χ3v) is 4.95. The summed E-state index contributed by atoms with van der Waals surface area (Å²) in [5, 5.41) is 10.2. The number of fused-ring (bicyclic) bond motifs is 1. The van der Waals surface area contributed by atoms with Crippen molar-refractivity contribution in [3.05, 3.63) is 65.9 Å². The lowest BCUT2D eigenvalue weighted by Gasteiger charge is -2.30. The van der Waals surface area contributed by atoms with Crippen LogP contribution in [0.15, 0.2) is 48.8 Å². The van der Waals surface area contributed by atoms with Gasteiger partial charge in [-0.25, -0.2) is 9.97 Å². The number of imidazole rings is 1. The summed E-state index contributed by atoms with van der Waals surface area (Å²) in [6.07, 6.45) is 4.69.